The fraction of sp³-hybridized carbons (Fsp3) is 0.640. The van der Waals surface area contributed by atoms with E-state index in [1.807, 2.05) is 4.90 Å². The van der Waals surface area contributed by atoms with Crippen molar-refractivity contribution in [3.63, 3.8) is 0 Å². The molecule has 1 atom stereocenters. The summed E-state index contributed by atoms with van der Waals surface area (Å²) >= 11 is 0. The number of carbonyl (C=O) groups excluding carboxylic acids is 1. The minimum atomic E-state index is -0.301. The zero-order chi connectivity index (χ0) is 24.0. The largest absolute Gasteiger partial charge is 0.370 e. The number of pyridine rings is 1. The Bertz CT molecular complexity index is 1120. The number of fused-ring (bicyclic) bond motifs is 1. The maximum absolute atomic E-state index is 13.1. The number of anilines is 1. The number of nitriles is 1. The van der Waals surface area contributed by atoms with Crippen LogP contribution >= 0.6 is 0 Å². The van der Waals surface area contributed by atoms with Crippen LogP contribution in [0.15, 0.2) is 12.4 Å². The SMILES string of the molecule is CC(C)C1CN(c2nc(C3CC3)c3c(c2C#N)CC(C)(C)OC3)CCN1C(=O)Cn1ccnn1. The van der Waals surface area contributed by atoms with Crippen molar-refractivity contribution < 1.29 is 9.53 Å². The minimum absolute atomic E-state index is 0.0262. The molecule has 0 spiro atoms. The first-order valence-electron chi connectivity index (χ1n) is 12.3. The van der Waals surface area contributed by atoms with Gasteiger partial charge in [0.05, 0.1) is 35.7 Å². The van der Waals surface area contributed by atoms with Crippen LogP contribution in [0.5, 0.6) is 0 Å². The van der Waals surface area contributed by atoms with Crippen molar-refractivity contribution in [2.45, 2.75) is 77.7 Å². The summed E-state index contributed by atoms with van der Waals surface area (Å²) in [6, 6.07) is 2.52. The van der Waals surface area contributed by atoms with Crippen molar-refractivity contribution in [1.82, 2.24) is 24.9 Å². The molecule has 1 saturated carbocycles. The Morgan fingerprint density at radius 1 is 1.29 bits per heavy atom. The number of ether oxygens (including phenoxy) is 1. The molecule has 3 aliphatic rings. The molecule has 5 rings (SSSR count). The van der Waals surface area contributed by atoms with Crippen LogP contribution in [0.25, 0.3) is 0 Å². The van der Waals surface area contributed by atoms with Gasteiger partial charge in [-0.3, -0.25) is 4.79 Å². The van der Waals surface area contributed by atoms with E-state index < -0.39 is 0 Å². The molecule has 0 bridgehead atoms. The van der Waals surface area contributed by atoms with Gasteiger partial charge in [-0.05, 0) is 38.2 Å². The molecular weight excluding hydrogens is 430 g/mol. The van der Waals surface area contributed by atoms with Crippen molar-refractivity contribution in [3.8, 4) is 6.07 Å². The topological polar surface area (TPSA) is 100 Å². The summed E-state index contributed by atoms with van der Waals surface area (Å²) in [6.45, 7) is 11.1. The highest BCUT2D eigenvalue weighted by molar-refractivity contribution is 5.77. The lowest BCUT2D eigenvalue weighted by Crippen LogP contribution is -2.58. The van der Waals surface area contributed by atoms with E-state index in [0.29, 0.717) is 44.1 Å². The first-order chi connectivity index (χ1) is 16.3. The number of piperazine rings is 1. The van der Waals surface area contributed by atoms with E-state index in [1.54, 1.807) is 17.1 Å². The first kappa shape index (κ1) is 22.8. The van der Waals surface area contributed by atoms with Gasteiger partial charge in [0.25, 0.3) is 0 Å². The molecule has 1 saturated heterocycles. The predicted octanol–water partition coefficient (Wildman–Crippen LogP) is 2.65. The molecule has 0 N–H and O–H groups in total. The summed E-state index contributed by atoms with van der Waals surface area (Å²) in [6.07, 6.45) is 6.30. The standard InChI is InChI=1S/C25H33N7O2/c1-16(2)21-13-30(9-10-32(21)22(33)14-31-8-7-27-29-31)24-19(12-26)18-11-25(3,4)34-15-20(18)23(28-24)17-5-6-17/h7-8,16-17,21H,5-6,9-11,13-15H2,1-4H3. The maximum Gasteiger partial charge on any atom is 0.244 e. The summed E-state index contributed by atoms with van der Waals surface area (Å²) in [5.74, 6) is 1.56. The van der Waals surface area contributed by atoms with Crippen LogP contribution in [0.2, 0.25) is 0 Å². The zero-order valence-corrected chi connectivity index (χ0v) is 20.5. The summed E-state index contributed by atoms with van der Waals surface area (Å²) in [5, 5.41) is 18.0. The van der Waals surface area contributed by atoms with Gasteiger partial charge in [-0.1, -0.05) is 19.1 Å². The lowest BCUT2D eigenvalue weighted by atomic mass is 9.87. The van der Waals surface area contributed by atoms with Crippen molar-refractivity contribution in [2.75, 3.05) is 24.5 Å². The average molecular weight is 464 g/mol. The molecule has 2 aromatic rings. The van der Waals surface area contributed by atoms with Gasteiger partial charge < -0.3 is 14.5 Å². The summed E-state index contributed by atoms with van der Waals surface area (Å²) in [7, 11) is 0. The fourth-order valence-electron chi connectivity index (χ4n) is 5.25. The van der Waals surface area contributed by atoms with Crippen LogP contribution < -0.4 is 4.90 Å². The Labute approximate surface area is 200 Å². The van der Waals surface area contributed by atoms with Gasteiger partial charge in [-0.25, -0.2) is 9.67 Å². The Morgan fingerprint density at radius 3 is 2.74 bits per heavy atom. The van der Waals surface area contributed by atoms with Gasteiger partial charge in [0, 0.05) is 43.7 Å². The lowest BCUT2D eigenvalue weighted by molar-refractivity contribution is -0.135. The van der Waals surface area contributed by atoms with E-state index in [9.17, 15) is 10.1 Å². The number of nitrogens with zero attached hydrogens (tertiary/aromatic N) is 7. The molecule has 2 aliphatic heterocycles. The van der Waals surface area contributed by atoms with Crippen molar-refractivity contribution in [1.29, 1.82) is 5.26 Å². The minimum Gasteiger partial charge on any atom is -0.370 e. The summed E-state index contributed by atoms with van der Waals surface area (Å²) in [5.41, 5.74) is 3.73. The molecule has 0 aromatic carbocycles. The lowest BCUT2D eigenvalue weighted by Gasteiger charge is -2.44. The van der Waals surface area contributed by atoms with Crippen LogP contribution in [0.3, 0.4) is 0 Å². The van der Waals surface area contributed by atoms with Crippen LogP contribution in [-0.4, -0.2) is 62.1 Å². The molecule has 2 fully saturated rings. The predicted molar refractivity (Wildman–Crippen MR) is 126 cm³/mol. The molecular formula is C25H33N7O2. The fourth-order valence-corrected chi connectivity index (χ4v) is 5.25. The molecule has 9 heteroatoms. The van der Waals surface area contributed by atoms with Crippen LogP contribution in [-0.2, 0) is 29.1 Å². The van der Waals surface area contributed by atoms with Gasteiger partial charge in [0.2, 0.25) is 5.91 Å². The molecule has 1 unspecified atom stereocenters. The number of hydrogen-bond donors (Lipinski definition) is 0. The molecule has 4 heterocycles. The highest BCUT2D eigenvalue weighted by atomic mass is 16.5. The van der Waals surface area contributed by atoms with Crippen molar-refractivity contribution in [3.05, 3.63) is 34.8 Å². The third-order valence-corrected chi connectivity index (χ3v) is 7.29. The molecule has 9 nitrogen and oxygen atoms in total. The van der Waals surface area contributed by atoms with E-state index in [2.05, 4.69) is 49.0 Å². The molecule has 180 valence electrons. The van der Waals surface area contributed by atoms with E-state index in [0.717, 1.165) is 35.5 Å². The van der Waals surface area contributed by atoms with E-state index in [4.69, 9.17) is 9.72 Å². The molecule has 34 heavy (non-hydrogen) atoms. The van der Waals surface area contributed by atoms with Gasteiger partial charge >= 0.3 is 0 Å². The monoisotopic (exact) mass is 463 g/mol. The second-order valence-corrected chi connectivity index (χ2v) is 10.7. The van der Waals surface area contributed by atoms with Crippen LogP contribution in [0, 0.1) is 17.2 Å². The number of amides is 1. The summed E-state index contributed by atoms with van der Waals surface area (Å²) in [4.78, 5) is 22.4. The zero-order valence-electron chi connectivity index (χ0n) is 20.5. The Balaban J connectivity index is 1.46. The smallest absolute Gasteiger partial charge is 0.244 e. The van der Waals surface area contributed by atoms with Crippen molar-refractivity contribution in [2.24, 2.45) is 5.92 Å². The molecule has 0 radical (unpaired) electrons. The highest BCUT2D eigenvalue weighted by Crippen LogP contribution is 2.46. The summed E-state index contributed by atoms with van der Waals surface area (Å²) < 4.78 is 7.67. The van der Waals surface area contributed by atoms with E-state index in [-0.39, 0.29) is 30.0 Å². The van der Waals surface area contributed by atoms with Gasteiger partial charge in [0.15, 0.2) is 0 Å². The number of rotatable bonds is 5. The normalized spacial score (nSPS) is 21.9. The van der Waals surface area contributed by atoms with Gasteiger partial charge in [-0.15, -0.1) is 5.10 Å². The molecule has 1 amide bonds. The van der Waals surface area contributed by atoms with Crippen LogP contribution in [0.1, 0.15) is 68.8 Å². The van der Waals surface area contributed by atoms with E-state index >= 15 is 0 Å². The third-order valence-electron chi connectivity index (χ3n) is 7.29. The Kier molecular flexibility index (Phi) is 5.80. The average Bonchev–Trinajstić information content (AvgIpc) is 3.53. The first-order valence-corrected chi connectivity index (χ1v) is 12.3. The third kappa shape index (κ3) is 4.27. The maximum atomic E-state index is 13.1. The molecule has 2 aromatic heterocycles. The quantitative estimate of drug-likeness (QED) is 0.672. The van der Waals surface area contributed by atoms with E-state index in [1.165, 1.54) is 0 Å². The van der Waals surface area contributed by atoms with Gasteiger partial charge in [0.1, 0.15) is 18.4 Å². The molecule has 1 aliphatic carbocycles. The number of carbonyl (C=O) groups is 1. The Morgan fingerprint density at radius 2 is 2.09 bits per heavy atom. The van der Waals surface area contributed by atoms with Crippen molar-refractivity contribution >= 4 is 11.7 Å². The second-order valence-electron chi connectivity index (χ2n) is 10.7. The number of hydrogen-bond acceptors (Lipinski definition) is 7. The Hall–Kier alpha value is -2.99. The number of aromatic nitrogens is 4. The van der Waals surface area contributed by atoms with Crippen LogP contribution in [0.4, 0.5) is 5.82 Å². The second kappa shape index (κ2) is 8.66. The highest BCUT2D eigenvalue weighted by Gasteiger charge is 2.39. The van der Waals surface area contributed by atoms with Gasteiger partial charge in [-0.2, -0.15) is 5.26 Å².